The molecule has 0 aromatic carbocycles. The fourth-order valence-corrected chi connectivity index (χ4v) is 3.32. The summed E-state index contributed by atoms with van der Waals surface area (Å²) in [4.78, 5) is 16.5. The highest BCUT2D eigenvalue weighted by atomic mass is 32.1. The normalized spacial score (nSPS) is 16.5. The van der Waals surface area contributed by atoms with Crippen molar-refractivity contribution in [3.8, 4) is 0 Å². The molecule has 118 valence electrons. The molecular weight excluding hydrogens is 286 g/mol. The van der Waals surface area contributed by atoms with Crippen molar-refractivity contribution in [3.05, 3.63) is 5.01 Å². The van der Waals surface area contributed by atoms with E-state index in [4.69, 9.17) is 0 Å². The number of nitrogens with zero attached hydrogens (tertiary/aromatic N) is 4. The third-order valence-corrected chi connectivity index (χ3v) is 4.53. The minimum absolute atomic E-state index is 0.0281. The zero-order valence-electron chi connectivity index (χ0n) is 13.1. The van der Waals surface area contributed by atoms with E-state index in [0.29, 0.717) is 10.9 Å². The molecule has 1 amide bonds. The van der Waals surface area contributed by atoms with Gasteiger partial charge in [0.25, 0.3) is 5.91 Å². The fraction of sp³-hybridized carbons (Fsp3) is 0.786. The van der Waals surface area contributed by atoms with Gasteiger partial charge in [0, 0.05) is 26.2 Å². The van der Waals surface area contributed by atoms with Crippen LogP contribution in [-0.4, -0.2) is 66.2 Å². The molecule has 1 saturated heterocycles. The fourth-order valence-electron chi connectivity index (χ4n) is 2.58. The van der Waals surface area contributed by atoms with Gasteiger partial charge in [-0.25, -0.2) is 0 Å². The number of rotatable bonds is 6. The lowest BCUT2D eigenvalue weighted by Crippen LogP contribution is -2.40. The lowest BCUT2D eigenvalue weighted by Gasteiger charge is -2.32. The molecule has 0 saturated carbocycles. The maximum Gasteiger partial charge on any atom is 0.284 e. The maximum absolute atomic E-state index is 12.4. The Hall–Kier alpha value is -1.21. The average Bonchev–Trinajstić information content (AvgIpc) is 2.93. The van der Waals surface area contributed by atoms with Gasteiger partial charge < -0.3 is 15.1 Å². The predicted octanol–water partition coefficient (Wildman–Crippen LogP) is 1.77. The van der Waals surface area contributed by atoms with Gasteiger partial charge in [0.05, 0.1) is 0 Å². The number of hydrogen-bond acceptors (Lipinski definition) is 6. The molecule has 0 aliphatic carbocycles. The monoisotopic (exact) mass is 311 g/mol. The first-order valence-electron chi connectivity index (χ1n) is 7.61. The quantitative estimate of drug-likeness (QED) is 0.867. The summed E-state index contributed by atoms with van der Waals surface area (Å²) in [5, 5.41) is 12.5. The van der Waals surface area contributed by atoms with Gasteiger partial charge in [-0.15, -0.1) is 10.2 Å². The zero-order valence-corrected chi connectivity index (χ0v) is 13.9. The molecule has 1 N–H and O–H groups in total. The summed E-state index contributed by atoms with van der Waals surface area (Å²) in [7, 11) is 4.20. The Kier molecular flexibility index (Phi) is 5.93. The third kappa shape index (κ3) is 4.64. The molecule has 0 radical (unpaired) electrons. The van der Waals surface area contributed by atoms with Gasteiger partial charge in [0.1, 0.15) is 0 Å². The Morgan fingerprint density at radius 3 is 2.71 bits per heavy atom. The van der Waals surface area contributed by atoms with E-state index in [-0.39, 0.29) is 5.91 Å². The Labute approximate surface area is 130 Å². The van der Waals surface area contributed by atoms with Gasteiger partial charge in [-0.3, -0.25) is 4.79 Å². The van der Waals surface area contributed by atoms with Crippen LogP contribution in [0.15, 0.2) is 0 Å². The molecule has 2 heterocycles. The molecule has 0 spiro atoms. The second kappa shape index (κ2) is 7.70. The van der Waals surface area contributed by atoms with Crippen molar-refractivity contribution in [1.82, 2.24) is 20.0 Å². The molecule has 0 atom stereocenters. The van der Waals surface area contributed by atoms with Crippen LogP contribution >= 0.6 is 11.3 Å². The summed E-state index contributed by atoms with van der Waals surface area (Å²) >= 11 is 1.35. The van der Waals surface area contributed by atoms with E-state index in [1.165, 1.54) is 11.3 Å². The van der Waals surface area contributed by atoms with E-state index in [2.05, 4.69) is 41.4 Å². The van der Waals surface area contributed by atoms with Crippen LogP contribution < -0.4 is 5.32 Å². The minimum Gasteiger partial charge on any atom is -0.360 e. The van der Waals surface area contributed by atoms with Crippen molar-refractivity contribution in [3.63, 3.8) is 0 Å². The van der Waals surface area contributed by atoms with Crippen molar-refractivity contribution in [2.75, 3.05) is 45.6 Å². The number of carbonyl (C=O) groups is 1. The first kappa shape index (κ1) is 16.2. The lowest BCUT2D eigenvalue weighted by atomic mass is 9.96. The molecule has 7 heteroatoms. The standard InChI is InChI=1S/C14H25N5OS/c1-4-7-15-14-17-16-12(21-14)13(20)19-8-5-11(6-9-19)10-18(2)3/h11H,4-10H2,1-3H3,(H,15,17). The second-order valence-corrected chi connectivity index (χ2v) is 6.81. The molecule has 0 bridgehead atoms. The van der Waals surface area contributed by atoms with Crippen LogP contribution in [0.5, 0.6) is 0 Å². The molecule has 1 aliphatic rings. The largest absolute Gasteiger partial charge is 0.360 e. The number of nitrogens with one attached hydrogen (secondary N) is 1. The first-order valence-corrected chi connectivity index (χ1v) is 8.43. The second-order valence-electron chi connectivity index (χ2n) is 5.84. The summed E-state index contributed by atoms with van der Waals surface area (Å²) in [6.45, 7) is 5.71. The zero-order chi connectivity index (χ0) is 15.2. The van der Waals surface area contributed by atoms with Crippen molar-refractivity contribution < 1.29 is 4.79 Å². The van der Waals surface area contributed by atoms with Gasteiger partial charge >= 0.3 is 0 Å². The van der Waals surface area contributed by atoms with Crippen LogP contribution in [0.4, 0.5) is 5.13 Å². The Morgan fingerprint density at radius 1 is 1.38 bits per heavy atom. The lowest BCUT2D eigenvalue weighted by molar-refractivity contribution is 0.0677. The van der Waals surface area contributed by atoms with Crippen LogP contribution in [0.1, 0.15) is 36.0 Å². The highest BCUT2D eigenvalue weighted by Gasteiger charge is 2.26. The van der Waals surface area contributed by atoms with E-state index >= 15 is 0 Å². The average molecular weight is 311 g/mol. The van der Waals surface area contributed by atoms with Gasteiger partial charge in [0.2, 0.25) is 10.1 Å². The van der Waals surface area contributed by atoms with Gasteiger partial charge in [-0.05, 0) is 39.3 Å². The number of aromatic nitrogens is 2. The van der Waals surface area contributed by atoms with E-state index in [0.717, 1.165) is 50.6 Å². The first-order chi connectivity index (χ1) is 10.1. The van der Waals surface area contributed by atoms with Crippen LogP contribution in [0.2, 0.25) is 0 Å². The van der Waals surface area contributed by atoms with Gasteiger partial charge in [0.15, 0.2) is 0 Å². The van der Waals surface area contributed by atoms with Crippen LogP contribution in [0.3, 0.4) is 0 Å². The van der Waals surface area contributed by atoms with E-state index in [9.17, 15) is 4.79 Å². The molecule has 1 fully saturated rings. The highest BCUT2D eigenvalue weighted by Crippen LogP contribution is 2.22. The summed E-state index contributed by atoms with van der Waals surface area (Å²) in [5.74, 6) is 0.723. The molecule has 1 aromatic rings. The number of anilines is 1. The Bertz CT molecular complexity index is 454. The summed E-state index contributed by atoms with van der Waals surface area (Å²) in [6.07, 6.45) is 3.18. The van der Waals surface area contributed by atoms with E-state index in [1.807, 2.05) is 4.90 Å². The van der Waals surface area contributed by atoms with E-state index < -0.39 is 0 Å². The molecular formula is C14H25N5OS. The Morgan fingerprint density at radius 2 is 2.10 bits per heavy atom. The molecule has 6 nitrogen and oxygen atoms in total. The minimum atomic E-state index is 0.0281. The number of piperidine rings is 1. The van der Waals surface area contributed by atoms with Crippen LogP contribution in [0.25, 0.3) is 0 Å². The highest BCUT2D eigenvalue weighted by molar-refractivity contribution is 7.17. The summed E-state index contributed by atoms with van der Waals surface area (Å²) in [5.41, 5.74) is 0. The molecule has 0 unspecified atom stereocenters. The van der Waals surface area contributed by atoms with Crippen molar-refractivity contribution in [2.24, 2.45) is 5.92 Å². The molecule has 21 heavy (non-hydrogen) atoms. The van der Waals surface area contributed by atoms with Gasteiger partial charge in [-0.1, -0.05) is 18.3 Å². The summed E-state index contributed by atoms with van der Waals surface area (Å²) in [6, 6.07) is 0. The predicted molar refractivity (Wildman–Crippen MR) is 85.9 cm³/mol. The van der Waals surface area contributed by atoms with Crippen molar-refractivity contribution in [2.45, 2.75) is 26.2 Å². The van der Waals surface area contributed by atoms with Gasteiger partial charge in [-0.2, -0.15) is 0 Å². The van der Waals surface area contributed by atoms with Crippen molar-refractivity contribution in [1.29, 1.82) is 0 Å². The smallest absolute Gasteiger partial charge is 0.284 e. The number of hydrogen-bond donors (Lipinski definition) is 1. The number of carbonyl (C=O) groups excluding carboxylic acids is 1. The van der Waals surface area contributed by atoms with E-state index in [1.54, 1.807) is 0 Å². The third-order valence-electron chi connectivity index (χ3n) is 3.66. The van der Waals surface area contributed by atoms with Crippen LogP contribution in [0, 0.1) is 5.92 Å². The number of likely N-dealkylation sites (tertiary alicyclic amines) is 1. The summed E-state index contributed by atoms with van der Waals surface area (Å²) < 4.78 is 0. The SMILES string of the molecule is CCCNc1nnc(C(=O)N2CCC(CN(C)C)CC2)s1. The molecule has 1 aliphatic heterocycles. The molecule has 1 aromatic heterocycles. The Balaban J connectivity index is 1.85. The van der Waals surface area contributed by atoms with Crippen molar-refractivity contribution >= 4 is 22.4 Å². The van der Waals surface area contributed by atoms with Crippen LogP contribution in [-0.2, 0) is 0 Å². The maximum atomic E-state index is 12.4. The topological polar surface area (TPSA) is 61.4 Å². The molecule has 2 rings (SSSR count). The number of amides is 1.